The Morgan fingerprint density at radius 3 is 2.64 bits per heavy atom. The maximum absolute atomic E-state index is 11.2. The standard InChI is InChI=1S/C18H20N2O2/c1-3-8-18(21,17-11-19-12-20-17)15-6-4-14-10-16(22-2)7-5-13(14)9-15/h4-7,9-12,21H,3,8H2,1-2H3,(H,19,20). The lowest BCUT2D eigenvalue weighted by Gasteiger charge is -2.27. The van der Waals surface area contributed by atoms with E-state index in [2.05, 4.69) is 16.9 Å². The van der Waals surface area contributed by atoms with E-state index in [0.717, 1.165) is 28.5 Å². The Bertz CT molecular complexity index is 768. The molecule has 2 aromatic carbocycles. The van der Waals surface area contributed by atoms with E-state index in [1.807, 2.05) is 36.4 Å². The van der Waals surface area contributed by atoms with Gasteiger partial charge in [-0.3, -0.25) is 0 Å². The van der Waals surface area contributed by atoms with Crippen LogP contribution in [0.2, 0.25) is 0 Å². The molecule has 114 valence electrons. The molecule has 0 aliphatic carbocycles. The van der Waals surface area contributed by atoms with Crippen molar-refractivity contribution < 1.29 is 9.84 Å². The minimum absolute atomic E-state index is 0.625. The van der Waals surface area contributed by atoms with Crippen molar-refractivity contribution in [3.8, 4) is 5.75 Å². The summed E-state index contributed by atoms with van der Waals surface area (Å²) in [5, 5.41) is 13.4. The fourth-order valence-corrected chi connectivity index (χ4v) is 2.88. The van der Waals surface area contributed by atoms with Gasteiger partial charge in [-0.2, -0.15) is 0 Å². The molecule has 1 unspecified atom stereocenters. The van der Waals surface area contributed by atoms with Crippen LogP contribution in [0, 0.1) is 0 Å². The first-order valence-electron chi connectivity index (χ1n) is 7.47. The van der Waals surface area contributed by atoms with Crippen LogP contribution in [-0.4, -0.2) is 22.2 Å². The summed E-state index contributed by atoms with van der Waals surface area (Å²) in [6.45, 7) is 2.06. The number of rotatable bonds is 5. The number of methoxy groups -OCH3 is 1. The van der Waals surface area contributed by atoms with Crippen LogP contribution in [0.25, 0.3) is 10.8 Å². The quantitative estimate of drug-likeness (QED) is 0.756. The summed E-state index contributed by atoms with van der Waals surface area (Å²) >= 11 is 0. The normalized spacial score (nSPS) is 14.0. The van der Waals surface area contributed by atoms with Gasteiger partial charge < -0.3 is 14.8 Å². The van der Waals surface area contributed by atoms with E-state index in [1.54, 1.807) is 19.6 Å². The van der Waals surface area contributed by atoms with Crippen LogP contribution in [0.1, 0.15) is 31.0 Å². The van der Waals surface area contributed by atoms with Gasteiger partial charge in [0.2, 0.25) is 0 Å². The van der Waals surface area contributed by atoms with Crippen molar-refractivity contribution in [3.05, 3.63) is 60.2 Å². The highest BCUT2D eigenvalue weighted by atomic mass is 16.5. The van der Waals surface area contributed by atoms with Crippen molar-refractivity contribution in [1.82, 2.24) is 9.97 Å². The van der Waals surface area contributed by atoms with Gasteiger partial charge in [0.15, 0.2) is 0 Å². The average Bonchev–Trinajstić information content (AvgIpc) is 3.09. The first-order chi connectivity index (χ1) is 10.7. The van der Waals surface area contributed by atoms with Crippen molar-refractivity contribution in [2.45, 2.75) is 25.4 Å². The largest absolute Gasteiger partial charge is 0.497 e. The molecule has 0 amide bonds. The Kier molecular flexibility index (Phi) is 3.86. The van der Waals surface area contributed by atoms with Crippen molar-refractivity contribution >= 4 is 10.8 Å². The number of hydrogen-bond acceptors (Lipinski definition) is 3. The second kappa shape index (κ2) is 5.81. The Balaban J connectivity index is 2.10. The Labute approximate surface area is 129 Å². The molecule has 1 atom stereocenters. The number of fused-ring (bicyclic) bond motifs is 1. The van der Waals surface area contributed by atoms with Gasteiger partial charge in [0, 0.05) is 6.20 Å². The highest BCUT2D eigenvalue weighted by Crippen LogP contribution is 2.34. The smallest absolute Gasteiger partial charge is 0.133 e. The second-order valence-corrected chi connectivity index (χ2v) is 5.49. The van der Waals surface area contributed by atoms with Crippen LogP contribution in [-0.2, 0) is 5.60 Å². The predicted molar refractivity (Wildman–Crippen MR) is 87.0 cm³/mol. The molecule has 1 aromatic heterocycles. The fourth-order valence-electron chi connectivity index (χ4n) is 2.88. The lowest BCUT2D eigenvalue weighted by atomic mass is 9.85. The van der Waals surface area contributed by atoms with Gasteiger partial charge in [-0.15, -0.1) is 0 Å². The molecule has 1 heterocycles. The van der Waals surface area contributed by atoms with Crippen LogP contribution in [0.4, 0.5) is 0 Å². The van der Waals surface area contributed by atoms with Crippen molar-refractivity contribution in [2.75, 3.05) is 7.11 Å². The van der Waals surface area contributed by atoms with Crippen molar-refractivity contribution in [1.29, 1.82) is 0 Å². The molecular formula is C18H20N2O2. The Morgan fingerprint density at radius 1 is 1.18 bits per heavy atom. The molecule has 22 heavy (non-hydrogen) atoms. The van der Waals surface area contributed by atoms with Crippen molar-refractivity contribution in [3.63, 3.8) is 0 Å². The zero-order valence-electron chi connectivity index (χ0n) is 12.8. The minimum atomic E-state index is -1.07. The number of H-pyrrole nitrogens is 1. The zero-order valence-corrected chi connectivity index (χ0v) is 12.8. The Hall–Kier alpha value is -2.33. The highest BCUT2D eigenvalue weighted by molar-refractivity contribution is 5.84. The molecule has 0 fully saturated rings. The summed E-state index contributed by atoms with van der Waals surface area (Å²) in [6, 6.07) is 11.9. The first kappa shape index (κ1) is 14.6. The van der Waals surface area contributed by atoms with E-state index in [0.29, 0.717) is 12.1 Å². The monoisotopic (exact) mass is 296 g/mol. The molecule has 3 aromatic rings. The van der Waals surface area contributed by atoms with Crippen LogP contribution < -0.4 is 4.74 Å². The third-order valence-electron chi connectivity index (χ3n) is 4.06. The number of nitrogens with zero attached hydrogens (tertiary/aromatic N) is 1. The molecule has 2 N–H and O–H groups in total. The van der Waals surface area contributed by atoms with Crippen LogP contribution >= 0.6 is 0 Å². The van der Waals surface area contributed by atoms with E-state index in [-0.39, 0.29) is 0 Å². The topological polar surface area (TPSA) is 58.1 Å². The molecule has 3 rings (SSSR count). The number of aromatic amines is 1. The number of benzene rings is 2. The van der Waals surface area contributed by atoms with Gasteiger partial charge in [0.25, 0.3) is 0 Å². The molecular weight excluding hydrogens is 276 g/mol. The lowest BCUT2D eigenvalue weighted by Crippen LogP contribution is -2.27. The molecule has 0 aliphatic heterocycles. The average molecular weight is 296 g/mol. The third-order valence-corrected chi connectivity index (χ3v) is 4.06. The van der Waals surface area contributed by atoms with Crippen LogP contribution in [0.5, 0.6) is 5.75 Å². The molecule has 0 aliphatic rings. The molecule has 0 radical (unpaired) electrons. The summed E-state index contributed by atoms with van der Waals surface area (Å²) in [4.78, 5) is 7.19. The van der Waals surface area contributed by atoms with Gasteiger partial charge in [-0.25, -0.2) is 4.98 Å². The van der Waals surface area contributed by atoms with Gasteiger partial charge in [0.1, 0.15) is 11.4 Å². The number of hydrogen-bond donors (Lipinski definition) is 2. The van der Waals surface area contributed by atoms with Crippen molar-refractivity contribution in [2.24, 2.45) is 0 Å². The van der Waals surface area contributed by atoms with Gasteiger partial charge in [-0.05, 0) is 41.0 Å². The minimum Gasteiger partial charge on any atom is -0.497 e. The van der Waals surface area contributed by atoms with Crippen LogP contribution in [0.3, 0.4) is 0 Å². The Morgan fingerprint density at radius 2 is 1.95 bits per heavy atom. The summed E-state index contributed by atoms with van der Waals surface area (Å²) < 4.78 is 5.25. The second-order valence-electron chi connectivity index (χ2n) is 5.49. The van der Waals surface area contributed by atoms with Crippen LogP contribution in [0.15, 0.2) is 48.9 Å². The molecule has 4 heteroatoms. The number of nitrogens with one attached hydrogen (secondary N) is 1. The first-order valence-corrected chi connectivity index (χ1v) is 7.47. The SMILES string of the molecule is CCCC(O)(c1ccc2cc(OC)ccc2c1)c1c[nH]cn1. The van der Waals surface area contributed by atoms with E-state index < -0.39 is 5.60 Å². The van der Waals surface area contributed by atoms with Gasteiger partial charge in [-0.1, -0.05) is 31.5 Å². The van der Waals surface area contributed by atoms with E-state index >= 15 is 0 Å². The lowest BCUT2D eigenvalue weighted by molar-refractivity contribution is 0.0662. The zero-order chi connectivity index (χ0) is 15.6. The summed E-state index contributed by atoms with van der Waals surface area (Å²) in [5.74, 6) is 0.830. The highest BCUT2D eigenvalue weighted by Gasteiger charge is 2.32. The molecule has 0 spiro atoms. The molecule has 4 nitrogen and oxygen atoms in total. The summed E-state index contributed by atoms with van der Waals surface area (Å²) in [7, 11) is 1.66. The van der Waals surface area contributed by atoms with E-state index in [9.17, 15) is 5.11 Å². The summed E-state index contributed by atoms with van der Waals surface area (Å²) in [6.07, 6.45) is 4.85. The number of aromatic nitrogens is 2. The third kappa shape index (κ3) is 2.46. The fraction of sp³-hybridized carbons (Fsp3) is 0.278. The van der Waals surface area contributed by atoms with Gasteiger partial charge in [0.05, 0.1) is 19.1 Å². The molecule has 0 saturated heterocycles. The molecule has 0 bridgehead atoms. The van der Waals surface area contributed by atoms with Gasteiger partial charge >= 0.3 is 0 Å². The number of ether oxygens (including phenoxy) is 1. The summed E-state index contributed by atoms with van der Waals surface area (Å²) in [5.41, 5.74) is 0.449. The van der Waals surface area contributed by atoms with E-state index in [1.165, 1.54) is 0 Å². The molecule has 0 saturated carbocycles. The maximum atomic E-state index is 11.2. The maximum Gasteiger partial charge on any atom is 0.133 e. The predicted octanol–water partition coefficient (Wildman–Crippen LogP) is 3.61. The number of imidazole rings is 1. The van der Waals surface area contributed by atoms with E-state index in [4.69, 9.17) is 4.74 Å². The number of aliphatic hydroxyl groups is 1.